The Morgan fingerprint density at radius 1 is 1.18 bits per heavy atom. The Hall–Kier alpha value is -1.78. The first-order valence-electron chi connectivity index (χ1n) is 16.0. The van der Waals surface area contributed by atoms with Crippen LogP contribution < -0.4 is 5.32 Å². The van der Waals surface area contributed by atoms with E-state index in [0.29, 0.717) is 29.6 Å². The van der Waals surface area contributed by atoms with Crippen molar-refractivity contribution in [2.24, 2.45) is 40.4 Å². The van der Waals surface area contributed by atoms with Crippen LogP contribution in [0.1, 0.15) is 119 Å². The molecule has 5 nitrogen and oxygen atoms in total. The number of esters is 1. The lowest BCUT2D eigenvalue weighted by atomic mass is 9.47. The summed E-state index contributed by atoms with van der Waals surface area (Å²) in [6, 6.07) is 0. The lowest BCUT2D eigenvalue weighted by Gasteiger charge is -2.58. The molecule has 0 unspecified atom stereocenters. The van der Waals surface area contributed by atoms with Gasteiger partial charge in [-0.3, -0.25) is 9.59 Å². The second-order valence-electron chi connectivity index (χ2n) is 14.4. The minimum Gasteiger partial charge on any atom is -0.491 e. The quantitative estimate of drug-likeness (QED) is 0.256. The second-order valence-corrected chi connectivity index (χ2v) is 14.4. The van der Waals surface area contributed by atoms with E-state index in [4.69, 9.17) is 9.47 Å². The Morgan fingerprint density at radius 2 is 1.95 bits per heavy atom. The maximum Gasteiger partial charge on any atom is 0.305 e. The van der Waals surface area contributed by atoms with Crippen molar-refractivity contribution >= 4 is 11.9 Å². The summed E-state index contributed by atoms with van der Waals surface area (Å²) < 4.78 is 12.9. The summed E-state index contributed by atoms with van der Waals surface area (Å²) in [5, 5.41) is 2.97. The molecule has 3 saturated carbocycles. The first kappa shape index (κ1) is 28.7. The first-order valence-corrected chi connectivity index (χ1v) is 16.0. The highest BCUT2D eigenvalue weighted by atomic mass is 16.5. The van der Waals surface area contributed by atoms with Crippen LogP contribution in [0.2, 0.25) is 0 Å². The molecular weight excluding hydrogens is 486 g/mol. The minimum atomic E-state index is -0.0568. The van der Waals surface area contributed by atoms with Crippen molar-refractivity contribution in [2.45, 2.75) is 131 Å². The van der Waals surface area contributed by atoms with Gasteiger partial charge in [-0.05, 0) is 98.4 Å². The van der Waals surface area contributed by atoms with Crippen molar-refractivity contribution in [3.8, 4) is 0 Å². The Labute approximate surface area is 236 Å². The van der Waals surface area contributed by atoms with Crippen molar-refractivity contribution < 1.29 is 19.1 Å². The topological polar surface area (TPSA) is 64.6 Å². The van der Waals surface area contributed by atoms with Gasteiger partial charge < -0.3 is 14.8 Å². The minimum absolute atomic E-state index is 0.0501. The van der Waals surface area contributed by atoms with Gasteiger partial charge in [-0.2, -0.15) is 0 Å². The van der Waals surface area contributed by atoms with Gasteiger partial charge >= 0.3 is 5.97 Å². The van der Waals surface area contributed by atoms with Crippen LogP contribution in [-0.4, -0.2) is 30.1 Å². The Balaban J connectivity index is 1.34. The molecule has 1 amide bonds. The van der Waals surface area contributed by atoms with Crippen LogP contribution in [0.3, 0.4) is 0 Å². The molecule has 9 atom stereocenters. The third kappa shape index (κ3) is 4.78. The monoisotopic (exact) mass is 539 g/mol. The molecule has 0 radical (unpaired) electrons. The maximum atomic E-state index is 12.0. The van der Waals surface area contributed by atoms with Gasteiger partial charge in [0.05, 0.1) is 5.76 Å². The summed E-state index contributed by atoms with van der Waals surface area (Å²) >= 11 is 0. The SMILES string of the molecule is CCC(=O)O[C@H]1CC[C@@]2(C)C(=CC[C@@H]3[C@H]4C[C@]5(CC)OC(CC[C@@H](C)CNC(C)=O)=C(C)[C@H]5[C@@]4(C)CC[C@H]32)C1. The van der Waals surface area contributed by atoms with E-state index in [9.17, 15) is 9.59 Å². The molecule has 0 spiro atoms. The first-order chi connectivity index (χ1) is 18.5. The highest BCUT2D eigenvalue weighted by molar-refractivity contribution is 5.72. The van der Waals surface area contributed by atoms with E-state index in [0.717, 1.165) is 56.9 Å². The Kier molecular flexibility index (Phi) is 7.78. The molecule has 39 heavy (non-hydrogen) atoms. The predicted octanol–water partition coefficient (Wildman–Crippen LogP) is 7.50. The third-order valence-corrected chi connectivity index (χ3v) is 12.2. The molecule has 0 aromatic rings. The van der Waals surface area contributed by atoms with E-state index in [1.54, 1.807) is 12.5 Å². The van der Waals surface area contributed by atoms with Gasteiger partial charge in [0.2, 0.25) is 5.91 Å². The molecule has 1 heterocycles. The van der Waals surface area contributed by atoms with Crippen LogP contribution in [0.15, 0.2) is 23.0 Å². The zero-order valence-electron chi connectivity index (χ0n) is 25.7. The van der Waals surface area contributed by atoms with Gasteiger partial charge in [-0.1, -0.05) is 46.3 Å². The van der Waals surface area contributed by atoms with Crippen LogP contribution >= 0.6 is 0 Å². The lowest BCUT2D eigenvalue weighted by Crippen LogP contribution is -2.50. The average molecular weight is 540 g/mol. The van der Waals surface area contributed by atoms with Crippen molar-refractivity contribution in [1.29, 1.82) is 0 Å². The number of hydrogen-bond donors (Lipinski definition) is 1. The van der Waals surface area contributed by atoms with E-state index in [1.165, 1.54) is 37.0 Å². The molecule has 4 aliphatic carbocycles. The predicted molar refractivity (Wildman–Crippen MR) is 155 cm³/mol. The largest absolute Gasteiger partial charge is 0.491 e. The molecule has 0 saturated heterocycles. The fourth-order valence-corrected chi connectivity index (χ4v) is 10.1. The third-order valence-electron chi connectivity index (χ3n) is 12.2. The molecule has 0 aromatic carbocycles. The molecule has 5 aliphatic rings. The number of allylic oxidation sites excluding steroid dienone is 2. The van der Waals surface area contributed by atoms with Gasteiger partial charge in [0.1, 0.15) is 11.7 Å². The number of carbonyl (C=O) groups excluding carboxylic acids is 2. The van der Waals surface area contributed by atoms with E-state index in [1.807, 2.05) is 6.92 Å². The number of rotatable bonds is 8. The maximum absolute atomic E-state index is 12.0. The molecule has 5 rings (SSSR count). The Morgan fingerprint density at radius 3 is 2.64 bits per heavy atom. The number of carbonyl (C=O) groups is 2. The van der Waals surface area contributed by atoms with Crippen LogP contribution in [-0.2, 0) is 19.1 Å². The molecule has 1 N–H and O–H groups in total. The zero-order chi connectivity index (χ0) is 28.2. The van der Waals surface area contributed by atoms with Crippen molar-refractivity contribution in [3.63, 3.8) is 0 Å². The zero-order valence-corrected chi connectivity index (χ0v) is 25.7. The van der Waals surface area contributed by atoms with E-state index in [2.05, 4.69) is 46.0 Å². The number of nitrogens with one attached hydrogen (secondary N) is 1. The molecule has 1 aliphatic heterocycles. The van der Waals surface area contributed by atoms with E-state index in [-0.39, 0.29) is 29.0 Å². The van der Waals surface area contributed by atoms with Crippen LogP contribution in [0.25, 0.3) is 0 Å². The van der Waals surface area contributed by atoms with Gasteiger partial charge in [0.25, 0.3) is 0 Å². The summed E-state index contributed by atoms with van der Waals surface area (Å²) in [6.45, 7) is 16.3. The summed E-state index contributed by atoms with van der Waals surface area (Å²) in [6.07, 6.45) is 14.2. The number of amides is 1. The van der Waals surface area contributed by atoms with Gasteiger partial charge in [0, 0.05) is 38.6 Å². The van der Waals surface area contributed by atoms with E-state index >= 15 is 0 Å². The molecule has 3 fully saturated rings. The van der Waals surface area contributed by atoms with Gasteiger partial charge in [-0.25, -0.2) is 0 Å². The normalized spacial score (nSPS) is 41.4. The van der Waals surface area contributed by atoms with Gasteiger partial charge in [-0.15, -0.1) is 0 Å². The summed E-state index contributed by atoms with van der Waals surface area (Å²) in [5.74, 6) is 4.35. The molecule has 5 heteroatoms. The fourth-order valence-electron chi connectivity index (χ4n) is 10.1. The number of hydrogen-bond acceptors (Lipinski definition) is 4. The van der Waals surface area contributed by atoms with Crippen molar-refractivity contribution in [2.75, 3.05) is 6.54 Å². The summed E-state index contributed by atoms with van der Waals surface area (Å²) in [5.41, 5.74) is 3.57. The second kappa shape index (κ2) is 10.6. The number of ether oxygens (including phenoxy) is 2. The Bertz CT molecular complexity index is 1050. The van der Waals surface area contributed by atoms with Crippen molar-refractivity contribution in [3.05, 3.63) is 23.0 Å². The molecule has 0 aromatic heterocycles. The summed E-state index contributed by atoms with van der Waals surface area (Å²) in [4.78, 5) is 23.3. The number of fused-ring (bicyclic) bond motifs is 7. The molecule has 218 valence electrons. The molecular formula is C34H53NO4. The highest BCUT2D eigenvalue weighted by Crippen LogP contribution is 2.72. The standard InChI is InChI=1S/C34H53NO4/c1-8-30(37)38-25-14-16-32(6)24(18-25)11-12-26-27(32)15-17-33(7)28(26)19-34(9-2)31(33)22(4)29(39-34)13-10-21(3)20-35-23(5)36/h11,21,25-28,31H,8-10,12-20H2,1-7H3,(H,35,36)/t21-,25+,26+,27-,28-,31+,32+,33+,34+/m1/s1. The lowest BCUT2D eigenvalue weighted by molar-refractivity contribution is -0.151. The van der Waals surface area contributed by atoms with Crippen LogP contribution in [0.4, 0.5) is 0 Å². The average Bonchev–Trinajstić information content (AvgIpc) is 3.34. The van der Waals surface area contributed by atoms with Crippen LogP contribution in [0.5, 0.6) is 0 Å². The van der Waals surface area contributed by atoms with Crippen molar-refractivity contribution in [1.82, 2.24) is 5.32 Å². The van der Waals surface area contributed by atoms with Crippen LogP contribution in [0, 0.1) is 40.4 Å². The smallest absolute Gasteiger partial charge is 0.305 e. The van der Waals surface area contributed by atoms with E-state index < -0.39 is 0 Å². The summed E-state index contributed by atoms with van der Waals surface area (Å²) in [7, 11) is 0. The highest BCUT2D eigenvalue weighted by Gasteiger charge is 2.68. The fraction of sp³-hybridized carbons (Fsp3) is 0.824. The molecule has 0 bridgehead atoms. The van der Waals surface area contributed by atoms with Gasteiger partial charge in [0.15, 0.2) is 0 Å².